The Bertz CT molecular complexity index is 90.9. The molecule has 0 saturated carbocycles. The van der Waals surface area contributed by atoms with E-state index in [1.54, 1.807) is 0 Å². The molecule has 1 rings (SSSR count). The highest BCUT2D eigenvalue weighted by atomic mass is 28.4. The Kier molecular flexibility index (Phi) is 5.81. The van der Waals surface area contributed by atoms with Crippen molar-refractivity contribution >= 4 is 49.3 Å². The summed E-state index contributed by atoms with van der Waals surface area (Å²) in [4.78, 5) is 0. The van der Waals surface area contributed by atoms with Gasteiger partial charge in [-0.1, -0.05) is 0 Å². The quantitative estimate of drug-likeness (QED) is 0.406. The molecular formula is CH12O5Si5. The lowest BCUT2D eigenvalue weighted by atomic mass is 11.9. The molecule has 0 bridgehead atoms. The minimum Gasteiger partial charge on any atom is -0.425 e. The van der Waals surface area contributed by atoms with Crippen molar-refractivity contribution in [2.75, 3.05) is 0 Å². The van der Waals surface area contributed by atoms with Crippen molar-refractivity contribution in [3.8, 4) is 0 Å². The van der Waals surface area contributed by atoms with Crippen molar-refractivity contribution in [1.29, 1.82) is 0 Å². The largest absolute Gasteiger partial charge is 0.425 e. The van der Waals surface area contributed by atoms with Crippen LogP contribution in [0, 0.1) is 0 Å². The third-order valence-corrected chi connectivity index (χ3v) is 9.95. The van der Waals surface area contributed by atoms with Gasteiger partial charge in [0.15, 0.2) is 0 Å². The SMILES string of the molecule is C[SiH]1O[SiH2]O[SiH2]O[SiH2]O[SiH2]O1. The van der Waals surface area contributed by atoms with E-state index in [0.29, 0.717) is 0 Å². The molecule has 10 heteroatoms. The zero-order valence-electron chi connectivity index (χ0n) is 6.45. The van der Waals surface area contributed by atoms with Gasteiger partial charge in [0, 0.05) is 0 Å². The Balaban J connectivity index is 2.12. The van der Waals surface area contributed by atoms with Crippen molar-refractivity contribution in [2.45, 2.75) is 6.55 Å². The van der Waals surface area contributed by atoms with Gasteiger partial charge < -0.3 is 20.6 Å². The van der Waals surface area contributed by atoms with Crippen LogP contribution in [0.25, 0.3) is 0 Å². The summed E-state index contributed by atoms with van der Waals surface area (Å²) in [5.74, 6) is 0. The number of rotatable bonds is 0. The van der Waals surface area contributed by atoms with Crippen molar-refractivity contribution in [2.24, 2.45) is 0 Å². The fourth-order valence-electron chi connectivity index (χ4n) is 0.556. The van der Waals surface area contributed by atoms with Crippen LogP contribution in [0.15, 0.2) is 0 Å². The highest BCUT2D eigenvalue weighted by Gasteiger charge is 2.07. The van der Waals surface area contributed by atoms with E-state index in [1.807, 2.05) is 6.55 Å². The zero-order chi connectivity index (χ0) is 7.94. The van der Waals surface area contributed by atoms with Gasteiger partial charge in [0.05, 0.1) is 0 Å². The topological polar surface area (TPSA) is 46.2 Å². The first-order valence-electron chi connectivity index (χ1n) is 3.36. The van der Waals surface area contributed by atoms with Crippen LogP contribution in [-0.4, -0.2) is 49.3 Å². The van der Waals surface area contributed by atoms with E-state index in [2.05, 4.69) is 0 Å². The molecule has 0 N–H and O–H groups in total. The molecule has 1 aliphatic rings. The van der Waals surface area contributed by atoms with Gasteiger partial charge in [-0.3, -0.25) is 0 Å². The second-order valence-corrected chi connectivity index (χ2v) is 11.6. The third-order valence-electron chi connectivity index (χ3n) is 1.11. The van der Waals surface area contributed by atoms with Crippen LogP contribution in [0.4, 0.5) is 0 Å². The number of hydrogen-bond acceptors (Lipinski definition) is 5. The Morgan fingerprint density at radius 3 is 1.82 bits per heavy atom. The zero-order valence-corrected chi connectivity index (χ0v) is 13.3. The third kappa shape index (κ3) is 5.18. The molecule has 0 aromatic heterocycles. The summed E-state index contributed by atoms with van der Waals surface area (Å²) >= 11 is 0. The molecule has 1 aliphatic heterocycles. The van der Waals surface area contributed by atoms with Crippen LogP contribution in [0.1, 0.15) is 0 Å². The molecule has 66 valence electrons. The van der Waals surface area contributed by atoms with Gasteiger partial charge in [-0.25, -0.2) is 0 Å². The van der Waals surface area contributed by atoms with E-state index < -0.39 is 49.3 Å². The fourth-order valence-corrected chi connectivity index (χ4v) is 9.72. The van der Waals surface area contributed by atoms with Crippen LogP contribution in [0.3, 0.4) is 0 Å². The first-order chi connectivity index (χ1) is 5.39. The molecule has 0 spiro atoms. The van der Waals surface area contributed by atoms with Crippen LogP contribution < -0.4 is 0 Å². The van der Waals surface area contributed by atoms with Gasteiger partial charge in [0.1, 0.15) is 0 Å². The molecule has 0 amide bonds. The normalized spacial score (nSPS) is 38.5. The average molecular weight is 245 g/mol. The van der Waals surface area contributed by atoms with Gasteiger partial charge in [-0.2, -0.15) is 0 Å². The smallest absolute Gasteiger partial charge is 0.299 e. The summed E-state index contributed by atoms with van der Waals surface area (Å²) in [6, 6.07) is 0. The Morgan fingerprint density at radius 2 is 1.27 bits per heavy atom. The Morgan fingerprint density at radius 1 is 0.818 bits per heavy atom. The molecule has 1 heterocycles. The molecule has 0 unspecified atom stereocenters. The summed E-state index contributed by atoms with van der Waals surface area (Å²) in [7, 11) is -4.39. The molecule has 1 saturated heterocycles. The van der Waals surface area contributed by atoms with E-state index in [4.69, 9.17) is 20.6 Å². The van der Waals surface area contributed by atoms with Crippen LogP contribution in [0.2, 0.25) is 6.55 Å². The molecule has 0 atom stereocenters. The lowest BCUT2D eigenvalue weighted by molar-refractivity contribution is 0.336. The van der Waals surface area contributed by atoms with E-state index in [1.165, 1.54) is 0 Å². The van der Waals surface area contributed by atoms with E-state index in [-0.39, 0.29) is 0 Å². The molecule has 5 nitrogen and oxygen atoms in total. The predicted octanol–water partition coefficient (Wildman–Crippen LogP) is -4.07. The maximum atomic E-state index is 5.38. The van der Waals surface area contributed by atoms with Gasteiger partial charge >= 0.3 is 0 Å². The molecule has 1 fully saturated rings. The Labute approximate surface area is 76.8 Å². The highest BCUT2D eigenvalue weighted by Crippen LogP contribution is 1.88. The van der Waals surface area contributed by atoms with E-state index in [0.717, 1.165) is 0 Å². The average Bonchev–Trinajstić information content (AvgIpc) is 2.03. The summed E-state index contributed by atoms with van der Waals surface area (Å²) in [5.41, 5.74) is 0. The Hall–Kier alpha value is 0.884. The molecule has 0 radical (unpaired) electrons. The van der Waals surface area contributed by atoms with Crippen LogP contribution >= 0.6 is 0 Å². The van der Waals surface area contributed by atoms with Crippen molar-refractivity contribution < 1.29 is 20.6 Å². The van der Waals surface area contributed by atoms with Gasteiger partial charge in [0.2, 0.25) is 0 Å². The molecule has 0 aliphatic carbocycles. The molecule has 0 aromatic rings. The summed E-state index contributed by atoms with van der Waals surface area (Å²) in [5, 5.41) is 0. The van der Waals surface area contributed by atoms with E-state index in [9.17, 15) is 0 Å². The predicted molar refractivity (Wildman–Crippen MR) is 52.6 cm³/mol. The van der Waals surface area contributed by atoms with Crippen LogP contribution in [0.5, 0.6) is 0 Å². The monoisotopic (exact) mass is 244 g/mol. The second kappa shape index (κ2) is 6.41. The summed E-state index contributed by atoms with van der Waals surface area (Å²) in [6.45, 7) is 2.01. The molecule has 0 aromatic carbocycles. The van der Waals surface area contributed by atoms with Crippen molar-refractivity contribution in [3.05, 3.63) is 0 Å². The minimum absolute atomic E-state index is 0.746. The summed E-state index contributed by atoms with van der Waals surface area (Å²) < 4.78 is 26.4. The molecule has 11 heavy (non-hydrogen) atoms. The van der Waals surface area contributed by atoms with E-state index >= 15 is 0 Å². The van der Waals surface area contributed by atoms with Gasteiger partial charge in [-0.05, 0) is 6.55 Å². The van der Waals surface area contributed by atoms with Gasteiger partial charge in [-0.15, -0.1) is 0 Å². The molecular weight excluding hydrogens is 232 g/mol. The lowest BCUT2D eigenvalue weighted by Crippen LogP contribution is -2.29. The second-order valence-electron chi connectivity index (χ2n) is 1.98. The standard InChI is InChI=1S/CH12O5Si5/c1-11-5-9-3-7-2-8-4-10-6-11/h11H,7-10H2,1H3. The lowest BCUT2D eigenvalue weighted by Gasteiger charge is -2.15. The van der Waals surface area contributed by atoms with Crippen LogP contribution in [-0.2, 0) is 20.6 Å². The minimum atomic E-state index is -1.36. The first kappa shape index (κ1) is 9.97. The summed E-state index contributed by atoms with van der Waals surface area (Å²) in [6.07, 6.45) is 0. The first-order valence-corrected chi connectivity index (χ1v) is 10.1. The maximum Gasteiger partial charge on any atom is 0.299 e. The highest BCUT2D eigenvalue weighted by molar-refractivity contribution is 6.58. The maximum absolute atomic E-state index is 5.38. The van der Waals surface area contributed by atoms with Crippen molar-refractivity contribution in [1.82, 2.24) is 0 Å². The fraction of sp³-hybridized carbons (Fsp3) is 1.00. The number of hydrogen-bond donors (Lipinski definition) is 0. The van der Waals surface area contributed by atoms with Crippen molar-refractivity contribution in [3.63, 3.8) is 0 Å². The van der Waals surface area contributed by atoms with Gasteiger partial charge in [0.25, 0.3) is 49.3 Å².